The molecule has 0 saturated carbocycles. The highest BCUT2D eigenvalue weighted by molar-refractivity contribution is 9.10. The van der Waals surface area contributed by atoms with Gasteiger partial charge >= 0.3 is 0 Å². The molecule has 0 atom stereocenters. The topological polar surface area (TPSA) is 17.1 Å². The Balaban J connectivity index is 1.57. The summed E-state index contributed by atoms with van der Waals surface area (Å²) in [6.45, 7) is 0. The van der Waals surface area contributed by atoms with Crippen LogP contribution in [0.5, 0.6) is 0 Å². The molecule has 1 nitrogen and oxygen atoms in total. The first-order valence-corrected chi connectivity index (χ1v) is 8.99. The molecule has 0 unspecified atom stereocenters. The van der Waals surface area contributed by atoms with E-state index in [1.807, 2.05) is 24.3 Å². The largest absolute Gasteiger partial charge is 0.298 e. The second-order valence-electron chi connectivity index (χ2n) is 5.42. The number of halogens is 1. The van der Waals surface area contributed by atoms with Gasteiger partial charge < -0.3 is 0 Å². The molecule has 0 spiro atoms. The summed E-state index contributed by atoms with van der Waals surface area (Å²) in [6.07, 6.45) is 4.17. The highest BCUT2D eigenvalue weighted by Gasteiger charge is 2.12. The van der Waals surface area contributed by atoms with Crippen LogP contribution in [-0.2, 0) is 24.1 Å². The Morgan fingerprint density at radius 1 is 1.10 bits per heavy atom. The van der Waals surface area contributed by atoms with Crippen LogP contribution >= 0.6 is 27.7 Å². The lowest BCUT2D eigenvalue weighted by atomic mass is 10.0. The van der Waals surface area contributed by atoms with E-state index < -0.39 is 0 Å². The number of hydrogen-bond donors (Lipinski definition) is 0. The van der Waals surface area contributed by atoms with Gasteiger partial charge in [0.25, 0.3) is 0 Å². The predicted molar refractivity (Wildman–Crippen MR) is 92.0 cm³/mol. The number of fused-ring (bicyclic) bond motifs is 1. The molecule has 0 N–H and O–H groups in total. The summed E-state index contributed by atoms with van der Waals surface area (Å²) < 4.78 is 1.05. The number of hydrogen-bond acceptors (Lipinski definition) is 2. The number of benzene rings is 2. The third-order valence-electron chi connectivity index (χ3n) is 3.76. The molecular weight excluding hydrogens is 344 g/mol. The molecule has 0 radical (unpaired) electrons. The van der Waals surface area contributed by atoms with Crippen molar-refractivity contribution < 1.29 is 4.79 Å². The standard InChI is InChI=1S/C18H17BrOS/c19-16-5-2-6-18(11-16)21-12-17(20)10-13-7-8-14-3-1-4-15(14)9-13/h2,5-9,11H,1,3-4,10,12H2. The Morgan fingerprint density at radius 2 is 1.95 bits per heavy atom. The number of ketones is 1. The van der Waals surface area contributed by atoms with Crippen molar-refractivity contribution in [2.75, 3.05) is 5.75 Å². The number of rotatable bonds is 5. The normalized spacial score (nSPS) is 13.2. The van der Waals surface area contributed by atoms with Crippen LogP contribution in [0.3, 0.4) is 0 Å². The zero-order valence-electron chi connectivity index (χ0n) is 11.8. The molecule has 3 heteroatoms. The van der Waals surface area contributed by atoms with E-state index in [1.54, 1.807) is 11.8 Å². The van der Waals surface area contributed by atoms with E-state index in [4.69, 9.17) is 0 Å². The van der Waals surface area contributed by atoms with Crippen LogP contribution in [0.4, 0.5) is 0 Å². The van der Waals surface area contributed by atoms with Crippen molar-refractivity contribution in [3.05, 3.63) is 63.6 Å². The van der Waals surface area contributed by atoms with Gasteiger partial charge in [-0.05, 0) is 54.2 Å². The molecule has 0 heterocycles. The summed E-state index contributed by atoms with van der Waals surface area (Å²) in [5.74, 6) is 0.825. The van der Waals surface area contributed by atoms with Gasteiger partial charge in [-0.15, -0.1) is 11.8 Å². The molecule has 3 rings (SSSR count). The van der Waals surface area contributed by atoms with E-state index in [2.05, 4.69) is 34.1 Å². The van der Waals surface area contributed by atoms with Crippen molar-refractivity contribution in [3.63, 3.8) is 0 Å². The molecule has 2 aromatic carbocycles. The van der Waals surface area contributed by atoms with Crippen LogP contribution in [0.25, 0.3) is 0 Å². The molecule has 0 fully saturated rings. The van der Waals surface area contributed by atoms with Crippen molar-refractivity contribution in [1.82, 2.24) is 0 Å². The highest BCUT2D eigenvalue weighted by atomic mass is 79.9. The van der Waals surface area contributed by atoms with Crippen molar-refractivity contribution >= 4 is 33.5 Å². The quantitative estimate of drug-likeness (QED) is 0.709. The van der Waals surface area contributed by atoms with Gasteiger partial charge in [0.05, 0.1) is 5.75 Å². The van der Waals surface area contributed by atoms with Crippen molar-refractivity contribution in [2.45, 2.75) is 30.6 Å². The Hall–Kier alpha value is -1.06. The minimum atomic E-state index is 0.290. The van der Waals surface area contributed by atoms with Gasteiger partial charge in [-0.2, -0.15) is 0 Å². The lowest BCUT2D eigenvalue weighted by Crippen LogP contribution is -2.06. The third kappa shape index (κ3) is 3.98. The molecule has 0 saturated heterocycles. The molecule has 108 valence electrons. The average molecular weight is 361 g/mol. The third-order valence-corrected chi connectivity index (χ3v) is 5.31. The molecule has 21 heavy (non-hydrogen) atoms. The second-order valence-corrected chi connectivity index (χ2v) is 7.38. The lowest BCUT2D eigenvalue weighted by molar-refractivity contribution is -0.116. The summed E-state index contributed by atoms with van der Waals surface area (Å²) in [7, 11) is 0. The fourth-order valence-corrected chi connectivity index (χ4v) is 4.10. The minimum absolute atomic E-state index is 0.290. The van der Waals surface area contributed by atoms with Gasteiger partial charge in [-0.3, -0.25) is 4.79 Å². The average Bonchev–Trinajstić information content (AvgIpc) is 2.93. The SMILES string of the molecule is O=C(CSc1cccc(Br)c1)Cc1ccc2c(c1)CCC2. The van der Waals surface area contributed by atoms with Crippen LogP contribution < -0.4 is 0 Å². The van der Waals surface area contributed by atoms with Crippen molar-refractivity contribution in [3.8, 4) is 0 Å². The fourth-order valence-electron chi connectivity index (χ4n) is 2.73. The summed E-state index contributed by atoms with van der Waals surface area (Å²) in [4.78, 5) is 13.3. The highest BCUT2D eigenvalue weighted by Crippen LogP contribution is 2.24. The predicted octanol–water partition coefficient (Wildman–Crippen LogP) is 4.84. The number of carbonyl (C=O) groups excluding carboxylic acids is 1. The molecule has 1 aliphatic carbocycles. The number of Topliss-reactive ketones (excluding diaryl/α,β-unsaturated/α-hetero) is 1. The van der Waals surface area contributed by atoms with E-state index in [9.17, 15) is 4.79 Å². The number of carbonyl (C=O) groups is 1. The van der Waals surface area contributed by atoms with Crippen molar-refractivity contribution in [1.29, 1.82) is 0 Å². The Labute approximate surface area is 138 Å². The Morgan fingerprint density at radius 3 is 2.81 bits per heavy atom. The van der Waals surface area contributed by atoms with Gasteiger partial charge in [0.15, 0.2) is 0 Å². The maximum atomic E-state index is 12.1. The fraction of sp³-hybridized carbons (Fsp3) is 0.278. The van der Waals surface area contributed by atoms with Crippen LogP contribution in [0.2, 0.25) is 0 Å². The van der Waals surface area contributed by atoms with E-state index >= 15 is 0 Å². The lowest BCUT2D eigenvalue weighted by Gasteiger charge is -2.05. The zero-order chi connectivity index (χ0) is 14.7. The summed E-state index contributed by atoms with van der Waals surface area (Å²) in [6, 6.07) is 14.6. The van der Waals surface area contributed by atoms with Gasteiger partial charge in [0, 0.05) is 15.8 Å². The molecule has 0 aromatic heterocycles. The summed E-state index contributed by atoms with van der Waals surface area (Å²) in [5, 5.41) is 0. The molecule has 0 aliphatic heterocycles. The smallest absolute Gasteiger partial charge is 0.147 e. The first-order chi connectivity index (χ1) is 10.2. The second kappa shape index (κ2) is 6.80. The Bertz CT molecular complexity index is 666. The van der Waals surface area contributed by atoms with E-state index in [-0.39, 0.29) is 5.78 Å². The molecule has 2 aromatic rings. The van der Waals surface area contributed by atoms with E-state index in [0.29, 0.717) is 12.2 Å². The number of thioether (sulfide) groups is 1. The summed E-state index contributed by atoms with van der Waals surface area (Å²) >= 11 is 5.06. The van der Waals surface area contributed by atoms with Crippen LogP contribution in [0.15, 0.2) is 51.8 Å². The van der Waals surface area contributed by atoms with Crippen LogP contribution in [0.1, 0.15) is 23.1 Å². The molecule has 0 amide bonds. The van der Waals surface area contributed by atoms with Gasteiger partial charge in [-0.1, -0.05) is 40.2 Å². The Kier molecular flexibility index (Phi) is 4.81. The first-order valence-electron chi connectivity index (χ1n) is 7.21. The van der Waals surface area contributed by atoms with Gasteiger partial charge in [0.1, 0.15) is 5.78 Å². The van der Waals surface area contributed by atoms with Crippen LogP contribution in [0, 0.1) is 0 Å². The molecule has 1 aliphatic rings. The first kappa shape index (κ1) is 14.9. The molecule has 0 bridgehead atoms. The van der Waals surface area contributed by atoms with Crippen molar-refractivity contribution in [2.24, 2.45) is 0 Å². The molecular formula is C18H17BrOS. The van der Waals surface area contributed by atoms with E-state index in [1.165, 1.54) is 30.4 Å². The van der Waals surface area contributed by atoms with Gasteiger partial charge in [-0.25, -0.2) is 0 Å². The minimum Gasteiger partial charge on any atom is -0.298 e. The zero-order valence-corrected chi connectivity index (χ0v) is 14.2. The maximum absolute atomic E-state index is 12.1. The monoisotopic (exact) mass is 360 g/mol. The summed E-state index contributed by atoms with van der Waals surface area (Å²) in [5.41, 5.74) is 4.07. The maximum Gasteiger partial charge on any atom is 0.147 e. The van der Waals surface area contributed by atoms with Gasteiger partial charge in [0.2, 0.25) is 0 Å². The van der Waals surface area contributed by atoms with Crippen LogP contribution in [-0.4, -0.2) is 11.5 Å². The number of aryl methyl sites for hydroxylation is 2. The van der Waals surface area contributed by atoms with E-state index in [0.717, 1.165) is 14.9 Å².